The molecule has 0 fully saturated rings. The molecule has 0 spiro atoms. The Balaban J connectivity index is 1.96. The lowest BCUT2D eigenvalue weighted by molar-refractivity contribution is 0.108. The van der Waals surface area contributed by atoms with E-state index in [-0.39, 0.29) is 18.2 Å². The van der Waals surface area contributed by atoms with Gasteiger partial charge in [-0.1, -0.05) is 42.5 Å². The predicted molar refractivity (Wildman–Crippen MR) is 75.4 cm³/mol. The number of rotatable bonds is 3. The van der Waals surface area contributed by atoms with Crippen LogP contribution in [0, 0.1) is 0 Å². The van der Waals surface area contributed by atoms with Crippen LogP contribution in [-0.2, 0) is 0 Å². The average Bonchev–Trinajstić information content (AvgIpc) is 2.39. The normalized spacial score (nSPS) is 28.1. The van der Waals surface area contributed by atoms with E-state index in [0.29, 0.717) is 0 Å². The van der Waals surface area contributed by atoms with E-state index in [0.717, 1.165) is 25.7 Å². The van der Waals surface area contributed by atoms with E-state index in [4.69, 9.17) is 0 Å². The highest BCUT2D eigenvalue weighted by Gasteiger charge is 2.21. The second-order valence-electron chi connectivity index (χ2n) is 5.10. The number of benzene rings is 1. The minimum absolute atomic E-state index is 0.199. The van der Waals surface area contributed by atoms with Crippen molar-refractivity contribution < 1.29 is 5.11 Å². The van der Waals surface area contributed by atoms with Gasteiger partial charge in [0.25, 0.3) is 0 Å². The fraction of sp³-hybridized carbons (Fsp3) is 0.500. The summed E-state index contributed by atoms with van der Waals surface area (Å²) in [4.78, 5) is 0. The first kappa shape index (κ1) is 13.3. The standard InChI is InChI=1S/C16H23NO/c1-13(14-9-5-4-6-10-14)17-15-11-7-2-3-8-12-16(15)18/h2-6,9-10,13,15-18H,7-8,11-12H2,1H3/b3-2-/t13?,15-,16-/m0/s1. The van der Waals surface area contributed by atoms with Crippen molar-refractivity contribution in [2.75, 3.05) is 0 Å². The Morgan fingerprint density at radius 2 is 1.78 bits per heavy atom. The van der Waals surface area contributed by atoms with Gasteiger partial charge in [0.2, 0.25) is 0 Å². The summed E-state index contributed by atoms with van der Waals surface area (Å²) in [5.74, 6) is 0. The van der Waals surface area contributed by atoms with Crippen LogP contribution in [0.15, 0.2) is 42.5 Å². The monoisotopic (exact) mass is 245 g/mol. The third kappa shape index (κ3) is 3.69. The van der Waals surface area contributed by atoms with E-state index in [1.165, 1.54) is 5.56 Å². The summed E-state index contributed by atoms with van der Waals surface area (Å²) in [6, 6.07) is 10.9. The molecular formula is C16H23NO. The van der Waals surface area contributed by atoms with Crippen LogP contribution in [0.25, 0.3) is 0 Å². The highest BCUT2D eigenvalue weighted by Crippen LogP contribution is 2.18. The van der Waals surface area contributed by atoms with Gasteiger partial charge in [-0.15, -0.1) is 0 Å². The van der Waals surface area contributed by atoms with E-state index >= 15 is 0 Å². The third-order valence-corrected chi connectivity index (χ3v) is 3.67. The second-order valence-corrected chi connectivity index (χ2v) is 5.10. The van der Waals surface area contributed by atoms with E-state index in [1.807, 2.05) is 6.07 Å². The van der Waals surface area contributed by atoms with Gasteiger partial charge in [0.15, 0.2) is 0 Å². The minimum atomic E-state index is -0.235. The van der Waals surface area contributed by atoms with Crippen LogP contribution in [0.2, 0.25) is 0 Å². The molecule has 1 aliphatic rings. The van der Waals surface area contributed by atoms with Gasteiger partial charge in [0.1, 0.15) is 0 Å². The molecular weight excluding hydrogens is 222 g/mol. The Morgan fingerprint density at radius 1 is 1.11 bits per heavy atom. The van der Waals surface area contributed by atoms with Crippen molar-refractivity contribution in [2.45, 2.75) is 50.8 Å². The first-order valence-electron chi connectivity index (χ1n) is 6.91. The summed E-state index contributed by atoms with van der Waals surface area (Å²) in [6.07, 6.45) is 8.08. The topological polar surface area (TPSA) is 32.3 Å². The first-order valence-corrected chi connectivity index (χ1v) is 6.91. The molecule has 0 saturated heterocycles. The molecule has 0 bridgehead atoms. The van der Waals surface area contributed by atoms with Crippen molar-refractivity contribution >= 4 is 0 Å². The van der Waals surface area contributed by atoms with Crippen molar-refractivity contribution in [3.8, 4) is 0 Å². The lowest BCUT2D eigenvalue weighted by Crippen LogP contribution is -2.41. The molecule has 0 saturated carbocycles. The number of allylic oxidation sites excluding steroid dienone is 2. The predicted octanol–water partition coefficient (Wildman–Crippen LogP) is 3.20. The number of aliphatic hydroxyl groups is 1. The second kappa shape index (κ2) is 6.72. The Bertz CT molecular complexity index is 374. The molecule has 2 nitrogen and oxygen atoms in total. The summed E-state index contributed by atoms with van der Waals surface area (Å²) < 4.78 is 0. The third-order valence-electron chi connectivity index (χ3n) is 3.67. The van der Waals surface area contributed by atoms with Crippen LogP contribution >= 0.6 is 0 Å². The molecule has 0 aliphatic heterocycles. The van der Waals surface area contributed by atoms with E-state index in [2.05, 4.69) is 48.7 Å². The molecule has 1 aromatic rings. The zero-order chi connectivity index (χ0) is 12.8. The molecule has 2 rings (SSSR count). The van der Waals surface area contributed by atoms with Gasteiger partial charge < -0.3 is 10.4 Å². The van der Waals surface area contributed by atoms with Gasteiger partial charge in [-0.05, 0) is 38.2 Å². The van der Waals surface area contributed by atoms with E-state index in [1.54, 1.807) is 0 Å². The molecule has 0 aromatic heterocycles. The van der Waals surface area contributed by atoms with Gasteiger partial charge in [0.05, 0.1) is 6.10 Å². The van der Waals surface area contributed by atoms with Crippen molar-refractivity contribution in [3.63, 3.8) is 0 Å². The zero-order valence-corrected chi connectivity index (χ0v) is 11.0. The highest BCUT2D eigenvalue weighted by atomic mass is 16.3. The Hall–Kier alpha value is -1.12. The molecule has 0 heterocycles. The molecule has 0 radical (unpaired) electrons. The zero-order valence-electron chi connectivity index (χ0n) is 11.0. The summed E-state index contributed by atoms with van der Waals surface area (Å²) in [5.41, 5.74) is 1.28. The van der Waals surface area contributed by atoms with Crippen LogP contribution in [0.4, 0.5) is 0 Å². The fourth-order valence-corrected chi connectivity index (χ4v) is 2.53. The molecule has 18 heavy (non-hydrogen) atoms. The lowest BCUT2D eigenvalue weighted by Gasteiger charge is -2.28. The van der Waals surface area contributed by atoms with Crippen molar-refractivity contribution in [3.05, 3.63) is 48.0 Å². The molecule has 2 heteroatoms. The summed E-state index contributed by atoms with van der Waals surface area (Å²) >= 11 is 0. The smallest absolute Gasteiger partial charge is 0.0696 e. The van der Waals surface area contributed by atoms with Gasteiger partial charge in [0, 0.05) is 12.1 Å². The average molecular weight is 245 g/mol. The van der Waals surface area contributed by atoms with Gasteiger partial charge >= 0.3 is 0 Å². The summed E-state index contributed by atoms with van der Waals surface area (Å²) in [6.45, 7) is 2.16. The van der Waals surface area contributed by atoms with Crippen LogP contribution in [0.5, 0.6) is 0 Å². The van der Waals surface area contributed by atoms with Gasteiger partial charge in [-0.2, -0.15) is 0 Å². The first-order chi connectivity index (χ1) is 8.77. The molecule has 98 valence electrons. The van der Waals surface area contributed by atoms with Crippen molar-refractivity contribution in [1.82, 2.24) is 5.32 Å². The molecule has 2 N–H and O–H groups in total. The van der Waals surface area contributed by atoms with E-state index < -0.39 is 0 Å². The minimum Gasteiger partial charge on any atom is -0.391 e. The van der Waals surface area contributed by atoms with Crippen LogP contribution in [0.1, 0.15) is 44.2 Å². The maximum atomic E-state index is 10.2. The van der Waals surface area contributed by atoms with Crippen molar-refractivity contribution in [2.24, 2.45) is 0 Å². The Labute approximate surface area is 110 Å². The molecule has 1 unspecified atom stereocenters. The molecule has 0 amide bonds. The van der Waals surface area contributed by atoms with Crippen LogP contribution < -0.4 is 5.32 Å². The fourth-order valence-electron chi connectivity index (χ4n) is 2.53. The Morgan fingerprint density at radius 3 is 2.50 bits per heavy atom. The number of aliphatic hydroxyl groups excluding tert-OH is 1. The van der Waals surface area contributed by atoms with E-state index in [9.17, 15) is 5.11 Å². The SMILES string of the molecule is CC(N[C@H]1CC/C=C\CC[C@@H]1O)c1ccccc1. The lowest BCUT2D eigenvalue weighted by atomic mass is 9.96. The van der Waals surface area contributed by atoms with Gasteiger partial charge in [-0.25, -0.2) is 0 Å². The largest absolute Gasteiger partial charge is 0.391 e. The molecule has 1 aromatic carbocycles. The number of nitrogens with one attached hydrogen (secondary N) is 1. The molecule has 3 atom stereocenters. The summed E-state index contributed by atoms with van der Waals surface area (Å²) in [7, 11) is 0. The highest BCUT2D eigenvalue weighted by molar-refractivity contribution is 5.18. The number of hydrogen-bond donors (Lipinski definition) is 2. The quantitative estimate of drug-likeness (QED) is 0.802. The summed E-state index contributed by atoms with van der Waals surface area (Å²) in [5, 5.41) is 13.7. The number of hydrogen-bond acceptors (Lipinski definition) is 2. The van der Waals surface area contributed by atoms with Gasteiger partial charge in [-0.3, -0.25) is 0 Å². The van der Waals surface area contributed by atoms with Crippen LogP contribution in [-0.4, -0.2) is 17.3 Å². The Kier molecular flexibility index (Phi) is 4.97. The van der Waals surface area contributed by atoms with Crippen molar-refractivity contribution in [1.29, 1.82) is 0 Å². The maximum Gasteiger partial charge on any atom is 0.0696 e. The maximum absolute atomic E-state index is 10.2. The van der Waals surface area contributed by atoms with Crippen LogP contribution in [0.3, 0.4) is 0 Å². The molecule has 1 aliphatic carbocycles.